The zero-order chi connectivity index (χ0) is 16.2. The number of hydrogen-bond acceptors (Lipinski definition) is 2. The van der Waals surface area contributed by atoms with Gasteiger partial charge in [-0.3, -0.25) is 9.80 Å². The van der Waals surface area contributed by atoms with Crippen LogP contribution in [0.1, 0.15) is 16.7 Å². The van der Waals surface area contributed by atoms with Gasteiger partial charge in [0.1, 0.15) is 0 Å². The SMILES string of the molecule is Cc1ccc(CN2CCN(Cc3c(Cl)cccc3Cl)CC2)cc1. The maximum Gasteiger partial charge on any atom is 0.0465 e. The smallest absolute Gasteiger partial charge is 0.0465 e. The van der Waals surface area contributed by atoms with Gasteiger partial charge in [-0.1, -0.05) is 59.1 Å². The lowest BCUT2D eigenvalue weighted by Crippen LogP contribution is -2.45. The van der Waals surface area contributed by atoms with Gasteiger partial charge in [-0.15, -0.1) is 0 Å². The van der Waals surface area contributed by atoms with E-state index < -0.39 is 0 Å². The van der Waals surface area contributed by atoms with E-state index in [1.165, 1.54) is 11.1 Å². The summed E-state index contributed by atoms with van der Waals surface area (Å²) in [7, 11) is 0. The van der Waals surface area contributed by atoms with Crippen LogP contribution in [0, 0.1) is 6.92 Å². The molecular formula is C19H22Cl2N2. The van der Waals surface area contributed by atoms with Crippen molar-refractivity contribution in [2.24, 2.45) is 0 Å². The van der Waals surface area contributed by atoms with Crippen LogP contribution in [0.3, 0.4) is 0 Å². The van der Waals surface area contributed by atoms with Gasteiger partial charge < -0.3 is 0 Å². The highest BCUT2D eigenvalue weighted by Gasteiger charge is 2.18. The van der Waals surface area contributed by atoms with Crippen LogP contribution in [0.15, 0.2) is 42.5 Å². The minimum absolute atomic E-state index is 0.764. The predicted octanol–water partition coefficient (Wildman–Crippen LogP) is 4.62. The summed E-state index contributed by atoms with van der Waals surface area (Å²) in [5, 5.41) is 1.53. The van der Waals surface area contributed by atoms with E-state index in [9.17, 15) is 0 Å². The molecule has 1 aliphatic rings. The summed E-state index contributed by atoms with van der Waals surface area (Å²) in [5.74, 6) is 0. The maximum absolute atomic E-state index is 6.28. The fourth-order valence-corrected chi connectivity index (χ4v) is 3.48. The van der Waals surface area contributed by atoms with Crippen LogP contribution in [0.25, 0.3) is 0 Å². The van der Waals surface area contributed by atoms with Gasteiger partial charge in [0, 0.05) is 54.9 Å². The first kappa shape index (κ1) is 16.8. The van der Waals surface area contributed by atoms with Crippen molar-refractivity contribution in [3.05, 3.63) is 69.2 Å². The highest BCUT2D eigenvalue weighted by molar-refractivity contribution is 6.35. The molecule has 0 aliphatic carbocycles. The standard InChI is InChI=1S/C19H22Cl2N2/c1-15-5-7-16(8-6-15)13-22-9-11-23(12-10-22)14-17-18(20)3-2-4-19(17)21/h2-8H,9-14H2,1H3. The molecule has 0 bridgehead atoms. The van der Waals surface area contributed by atoms with Gasteiger partial charge in [0.05, 0.1) is 0 Å². The van der Waals surface area contributed by atoms with Gasteiger partial charge in [0.15, 0.2) is 0 Å². The number of aryl methyl sites for hydroxylation is 1. The van der Waals surface area contributed by atoms with Crippen LogP contribution in [-0.2, 0) is 13.1 Å². The molecule has 23 heavy (non-hydrogen) atoms. The minimum Gasteiger partial charge on any atom is -0.297 e. The molecule has 3 rings (SSSR count). The Labute approximate surface area is 148 Å². The van der Waals surface area contributed by atoms with E-state index in [0.29, 0.717) is 0 Å². The number of nitrogens with zero attached hydrogens (tertiary/aromatic N) is 2. The summed E-state index contributed by atoms with van der Waals surface area (Å²) in [4.78, 5) is 4.94. The second kappa shape index (κ2) is 7.67. The molecule has 1 aliphatic heterocycles. The zero-order valence-corrected chi connectivity index (χ0v) is 14.9. The van der Waals surface area contributed by atoms with Gasteiger partial charge in [-0.25, -0.2) is 0 Å². The van der Waals surface area contributed by atoms with Crippen LogP contribution in [-0.4, -0.2) is 36.0 Å². The topological polar surface area (TPSA) is 6.48 Å². The van der Waals surface area contributed by atoms with E-state index in [0.717, 1.165) is 54.9 Å². The number of rotatable bonds is 4. The molecule has 0 radical (unpaired) electrons. The summed E-state index contributed by atoms with van der Waals surface area (Å²) in [6, 6.07) is 14.5. The fourth-order valence-electron chi connectivity index (χ4n) is 2.96. The van der Waals surface area contributed by atoms with Crippen LogP contribution in [0.4, 0.5) is 0 Å². The lowest BCUT2D eigenvalue weighted by Gasteiger charge is -2.35. The monoisotopic (exact) mass is 348 g/mol. The summed E-state index contributed by atoms with van der Waals surface area (Å²) in [6.07, 6.45) is 0. The molecule has 4 heteroatoms. The van der Waals surface area contributed by atoms with E-state index in [1.807, 2.05) is 18.2 Å². The Bertz CT molecular complexity index is 627. The first-order valence-corrected chi connectivity index (χ1v) is 8.80. The lowest BCUT2D eigenvalue weighted by atomic mass is 10.1. The fraction of sp³-hybridized carbons (Fsp3) is 0.368. The Morgan fingerprint density at radius 1 is 0.783 bits per heavy atom. The molecule has 0 atom stereocenters. The molecule has 0 unspecified atom stereocenters. The van der Waals surface area contributed by atoms with Gasteiger partial charge in [-0.2, -0.15) is 0 Å². The van der Waals surface area contributed by atoms with Crippen molar-refractivity contribution in [2.75, 3.05) is 26.2 Å². The van der Waals surface area contributed by atoms with Crippen molar-refractivity contribution >= 4 is 23.2 Å². The number of benzene rings is 2. The molecule has 1 fully saturated rings. The molecular weight excluding hydrogens is 327 g/mol. The molecule has 0 N–H and O–H groups in total. The Morgan fingerprint density at radius 2 is 1.30 bits per heavy atom. The first-order chi connectivity index (χ1) is 11.1. The van der Waals surface area contributed by atoms with E-state index in [4.69, 9.17) is 23.2 Å². The normalized spacial score (nSPS) is 16.7. The van der Waals surface area contributed by atoms with Crippen LogP contribution in [0.5, 0.6) is 0 Å². The van der Waals surface area contributed by atoms with Crippen LogP contribution < -0.4 is 0 Å². The average Bonchev–Trinajstić information content (AvgIpc) is 2.55. The van der Waals surface area contributed by atoms with Crippen molar-refractivity contribution in [3.8, 4) is 0 Å². The second-order valence-electron chi connectivity index (χ2n) is 6.24. The molecule has 0 amide bonds. The van der Waals surface area contributed by atoms with Crippen molar-refractivity contribution in [2.45, 2.75) is 20.0 Å². The number of halogens is 2. The molecule has 2 aromatic rings. The van der Waals surface area contributed by atoms with E-state index in [2.05, 4.69) is 41.0 Å². The van der Waals surface area contributed by atoms with Gasteiger partial charge in [-0.05, 0) is 24.6 Å². The Balaban J connectivity index is 1.53. The van der Waals surface area contributed by atoms with Crippen molar-refractivity contribution in [3.63, 3.8) is 0 Å². The minimum atomic E-state index is 0.764. The third kappa shape index (κ3) is 4.48. The van der Waals surface area contributed by atoms with Crippen molar-refractivity contribution in [1.82, 2.24) is 9.80 Å². The largest absolute Gasteiger partial charge is 0.297 e. The highest BCUT2D eigenvalue weighted by Crippen LogP contribution is 2.26. The van der Waals surface area contributed by atoms with E-state index in [1.54, 1.807) is 0 Å². The lowest BCUT2D eigenvalue weighted by molar-refractivity contribution is 0.122. The Hall–Kier alpha value is -1.06. The third-order valence-corrected chi connectivity index (χ3v) is 5.14. The average molecular weight is 349 g/mol. The highest BCUT2D eigenvalue weighted by atomic mass is 35.5. The molecule has 0 aromatic heterocycles. The predicted molar refractivity (Wildman–Crippen MR) is 98.2 cm³/mol. The van der Waals surface area contributed by atoms with E-state index in [-0.39, 0.29) is 0 Å². The summed E-state index contributed by atoms with van der Waals surface area (Å²) < 4.78 is 0. The molecule has 0 spiro atoms. The number of piperazine rings is 1. The van der Waals surface area contributed by atoms with E-state index >= 15 is 0 Å². The molecule has 2 aromatic carbocycles. The summed E-state index contributed by atoms with van der Waals surface area (Å²) in [6.45, 7) is 8.24. The van der Waals surface area contributed by atoms with Crippen molar-refractivity contribution < 1.29 is 0 Å². The summed E-state index contributed by atoms with van der Waals surface area (Å²) >= 11 is 12.6. The van der Waals surface area contributed by atoms with Crippen LogP contribution >= 0.6 is 23.2 Å². The molecule has 122 valence electrons. The van der Waals surface area contributed by atoms with Crippen molar-refractivity contribution in [1.29, 1.82) is 0 Å². The first-order valence-electron chi connectivity index (χ1n) is 8.05. The van der Waals surface area contributed by atoms with Gasteiger partial charge in [0.25, 0.3) is 0 Å². The second-order valence-corrected chi connectivity index (χ2v) is 7.05. The van der Waals surface area contributed by atoms with Gasteiger partial charge >= 0.3 is 0 Å². The molecule has 0 saturated carbocycles. The maximum atomic E-state index is 6.28. The molecule has 2 nitrogen and oxygen atoms in total. The third-order valence-electron chi connectivity index (χ3n) is 4.44. The molecule has 1 heterocycles. The quantitative estimate of drug-likeness (QED) is 0.795. The Kier molecular flexibility index (Phi) is 5.60. The van der Waals surface area contributed by atoms with Gasteiger partial charge in [0.2, 0.25) is 0 Å². The number of hydrogen-bond donors (Lipinski definition) is 0. The Morgan fingerprint density at radius 3 is 1.87 bits per heavy atom. The zero-order valence-electron chi connectivity index (χ0n) is 13.4. The summed E-state index contributed by atoms with van der Waals surface area (Å²) in [5.41, 5.74) is 3.75. The molecule has 1 saturated heterocycles. The van der Waals surface area contributed by atoms with Crippen LogP contribution in [0.2, 0.25) is 10.0 Å².